The van der Waals surface area contributed by atoms with Crippen molar-refractivity contribution in [1.82, 2.24) is 0 Å². The zero-order chi connectivity index (χ0) is 29.7. The van der Waals surface area contributed by atoms with Gasteiger partial charge >= 0.3 is 25.8 Å². The Morgan fingerprint density at radius 3 is 1.76 bits per heavy atom. The molecule has 0 saturated carbocycles. The van der Waals surface area contributed by atoms with Crippen LogP contribution in [0.1, 0.15) is 68.0 Å². The van der Waals surface area contributed by atoms with Gasteiger partial charge < -0.3 is 20.5 Å². The van der Waals surface area contributed by atoms with Crippen LogP contribution in [0.2, 0.25) is 0 Å². The van der Waals surface area contributed by atoms with Gasteiger partial charge in [0.1, 0.15) is 5.69 Å². The molecule has 0 radical (unpaired) electrons. The SMILES string of the molecule is C[N-]C.C[N-]C.[CH2-][n+]1c(-c2[c-]cc(F)cc2)cccc1C([N-]c1c(C(C)C)cccc1C(C)C)c1ccccc1.[Hf+4]. The number of nitrogens with zero attached hydrogens (tertiary/aromatic N) is 4. The van der Waals surface area contributed by atoms with Crippen LogP contribution in [0.5, 0.6) is 0 Å². The first-order valence-electron chi connectivity index (χ1n) is 13.6. The summed E-state index contributed by atoms with van der Waals surface area (Å²) < 4.78 is 15.4. The van der Waals surface area contributed by atoms with Crippen LogP contribution in [-0.2, 0) is 25.8 Å². The van der Waals surface area contributed by atoms with E-state index in [2.05, 4.69) is 87.8 Å². The third-order valence-corrected chi connectivity index (χ3v) is 6.17. The van der Waals surface area contributed by atoms with Gasteiger partial charge in [-0.15, -0.1) is 30.0 Å². The second kappa shape index (κ2) is 18.6. The van der Waals surface area contributed by atoms with Crippen molar-refractivity contribution in [3.05, 3.63) is 142 Å². The summed E-state index contributed by atoms with van der Waals surface area (Å²) in [5.74, 6) is 0.390. The zero-order valence-electron chi connectivity index (χ0n) is 25.7. The van der Waals surface area contributed by atoms with Gasteiger partial charge in [-0.3, -0.25) is 4.39 Å². The van der Waals surface area contributed by atoms with Gasteiger partial charge in [0.25, 0.3) is 0 Å². The van der Waals surface area contributed by atoms with Crippen LogP contribution in [0.15, 0.2) is 84.9 Å². The average molecular weight is 717 g/mol. The molecule has 1 aromatic heterocycles. The fraction of sp³-hybridized carbons (Fsp3) is 0.314. The Kier molecular flexibility index (Phi) is 16.4. The molecule has 0 amide bonds. The molecule has 4 rings (SSSR count). The Hall–Kier alpha value is -2.80. The van der Waals surface area contributed by atoms with Crippen molar-refractivity contribution in [2.24, 2.45) is 0 Å². The molecule has 214 valence electrons. The third-order valence-electron chi connectivity index (χ3n) is 6.17. The molecule has 1 unspecified atom stereocenters. The topological polar surface area (TPSA) is 46.2 Å². The van der Waals surface area contributed by atoms with Crippen LogP contribution in [0.25, 0.3) is 27.2 Å². The van der Waals surface area contributed by atoms with E-state index in [1.807, 2.05) is 34.9 Å². The molecule has 0 saturated heterocycles. The first-order valence-corrected chi connectivity index (χ1v) is 13.6. The minimum atomic E-state index is -0.306. The maximum absolute atomic E-state index is 13.5. The summed E-state index contributed by atoms with van der Waals surface area (Å²) >= 11 is 0. The number of benzene rings is 3. The third kappa shape index (κ3) is 10.2. The van der Waals surface area contributed by atoms with Gasteiger partial charge in [-0.2, -0.15) is 28.2 Å². The Labute approximate surface area is 266 Å². The maximum atomic E-state index is 13.5. The van der Waals surface area contributed by atoms with Crippen LogP contribution in [0.3, 0.4) is 0 Å². The number of aromatic nitrogens is 1. The molecular weight excluding hydrogens is 674 g/mol. The van der Waals surface area contributed by atoms with Crippen molar-refractivity contribution >= 4 is 5.69 Å². The second-order valence-electron chi connectivity index (χ2n) is 10.1. The number of hydrogen-bond acceptors (Lipinski definition) is 0. The molecule has 0 bridgehead atoms. The van der Waals surface area contributed by atoms with Crippen molar-refractivity contribution in [1.29, 1.82) is 0 Å². The van der Waals surface area contributed by atoms with E-state index in [4.69, 9.17) is 5.32 Å². The van der Waals surface area contributed by atoms with Gasteiger partial charge in [0.15, 0.2) is 0 Å². The van der Waals surface area contributed by atoms with Gasteiger partial charge in [-0.1, -0.05) is 117 Å². The van der Waals surface area contributed by atoms with Crippen molar-refractivity contribution in [3.63, 3.8) is 0 Å². The van der Waals surface area contributed by atoms with Gasteiger partial charge in [0.2, 0.25) is 0 Å². The van der Waals surface area contributed by atoms with E-state index < -0.39 is 0 Å². The molecule has 4 aromatic rings. The molecule has 41 heavy (non-hydrogen) atoms. The molecule has 1 heterocycles. The molecule has 0 fully saturated rings. The predicted octanol–water partition coefficient (Wildman–Crippen LogP) is 9.50. The minimum absolute atomic E-state index is 0. The summed E-state index contributed by atoms with van der Waals surface area (Å²) in [6.07, 6.45) is 0. The predicted molar refractivity (Wildman–Crippen MR) is 168 cm³/mol. The fourth-order valence-corrected chi connectivity index (χ4v) is 4.33. The Morgan fingerprint density at radius 1 is 0.732 bits per heavy atom. The van der Waals surface area contributed by atoms with Crippen molar-refractivity contribution in [2.75, 3.05) is 28.2 Å². The summed E-state index contributed by atoms with van der Waals surface area (Å²) in [5, 5.41) is 12.4. The molecular formula is C35H43FHfN4. The average Bonchev–Trinajstić information content (AvgIpc) is 2.94. The Morgan fingerprint density at radius 2 is 1.27 bits per heavy atom. The van der Waals surface area contributed by atoms with E-state index in [0.717, 1.165) is 28.2 Å². The van der Waals surface area contributed by atoms with Crippen molar-refractivity contribution in [3.8, 4) is 11.3 Å². The zero-order valence-corrected chi connectivity index (χ0v) is 29.3. The van der Waals surface area contributed by atoms with Crippen LogP contribution >= 0.6 is 0 Å². The molecule has 0 spiro atoms. The molecule has 4 nitrogen and oxygen atoms in total. The smallest absolute Gasteiger partial charge is 0.679 e. The van der Waals surface area contributed by atoms with E-state index in [1.165, 1.54) is 23.3 Å². The largest absolute Gasteiger partial charge is 4.00 e. The van der Waals surface area contributed by atoms with E-state index in [-0.39, 0.29) is 37.7 Å². The van der Waals surface area contributed by atoms with Crippen molar-refractivity contribution < 1.29 is 34.8 Å². The maximum Gasteiger partial charge on any atom is 4.00 e. The van der Waals surface area contributed by atoms with Crippen LogP contribution < -0.4 is 4.57 Å². The van der Waals surface area contributed by atoms with Gasteiger partial charge in [0, 0.05) is 12.9 Å². The summed E-state index contributed by atoms with van der Waals surface area (Å²) in [7, 11) is 11.4. The monoisotopic (exact) mass is 718 g/mol. The number of hydrogen-bond donors (Lipinski definition) is 0. The second-order valence-corrected chi connectivity index (χ2v) is 10.1. The van der Waals surface area contributed by atoms with E-state index in [0.29, 0.717) is 11.8 Å². The standard InChI is InChI=1S/C31H31FN2.2C2H6N.Hf/c1-21(2)26-13-9-14-27(22(3)4)31(26)33-30(24-11-7-6-8-12-24)29-16-10-15-28(34(29)5)23-17-19-25(32)20-18-23;2*1-3-2;/h6-17,19-22,30H,5H2,1-4H3;2*1-2H3;/q-2;2*-1;+4. The normalized spacial score (nSPS) is 11.0. The van der Waals surface area contributed by atoms with E-state index in [1.54, 1.807) is 34.3 Å². The molecule has 1 atom stereocenters. The molecule has 0 aliphatic heterocycles. The van der Waals surface area contributed by atoms with Gasteiger partial charge in [-0.25, -0.2) is 0 Å². The first kappa shape index (κ1) is 36.2. The molecule has 6 heteroatoms. The summed E-state index contributed by atoms with van der Waals surface area (Å²) in [5.41, 5.74) is 7.23. The van der Waals surface area contributed by atoms with Crippen LogP contribution in [0.4, 0.5) is 10.1 Å². The summed E-state index contributed by atoms with van der Waals surface area (Å²) in [6, 6.07) is 30.2. The van der Waals surface area contributed by atoms with Crippen molar-refractivity contribution in [2.45, 2.75) is 45.6 Å². The van der Waals surface area contributed by atoms with E-state index >= 15 is 0 Å². The fourth-order valence-electron chi connectivity index (χ4n) is 4.33. The summed E-state index contributed by atoms with van der Waals surface area (Å²) in [6.45, 7) is 8.84. The number of pyridine rings is 1. The molecule has 0 N–H and O–H groups in total. The van der Waals surface area contributed by atoms with Crippen LogP contribution in [0, 0.1) is 18.9 Å². The molecule has 3 aromatic carbocycles. The Balaban J connectivity index is 0.00000111. The van der Waals surface area contributed by atoms with Crippen LogP contribution in [-0.4, -0.2) is 28.2 Å². The quantitative estimate of drug-likeness (QED) is 0.104. The Bertz CT molecular complexity index is 1260. The van der Waals surface area contributed by atoms with E-state index in [9.17, 15) is 4.39 Å². The molecule has 0 aliphatic rings. The summed E-state index contributed by atoms with van der Waals surface area (Å²) in [4.78, 5) is 0. The number of halogens is 1. The minimum Gasteiger partial charge on any atom is -0.679 e. The number of para-hydroxylation sites is 1. The first-order chi connectivity index (χ1) is 19.2. The van der Waals surface area contributed by atoms with Gasteiger partial charge in [0.05, 0.1) is 5.69 Å². The van der Waals surface area contributed by atoms with Gasteiger partial charge in [-0.05, 0) is 17.9 Å². The number of rotatable bonds is 7. The molecule has 0 aliphatic carbocycles.